The van der Waals surface area contributed by atoms with Gasteiger partial charge in [-0.2, -0.15) is 5.10 Å². The van der Waals surface area contributed by atoms with Gasteiger partial charge in [-0.3, -0.25) is 4.68 Å². The van der Waals surface area contributed by atoms with Gasteiger partial charge in [0.05, 0.1) is 6.54 Å². The normalized spacial score (nSPS) is 10.8. The predicted molar refractivity (Wildman–Crippen MR) is 91.9 cm³/mol. The molecule has 0 aliphatic rings. The van der Waals surface area contributed by atoms with Crippen molar-refractivity contribution in [2.45, 2.75) is 20.0 Å². The van der Waals surface area contributed by atoms with E-state index in [1.165, 1.54) is 19.8 Å². The van der Waals surface area contributed by atoms with Gasteiger partial charge in [0.25, 0.3) is 0 Å². The number of aromatic nitrogens is 2. The summed E-state index contributed by atoms with van der Waals surface area (Å²) in [5.74, 6) is 0. The van der Waals surface area contributed by atoms with E-state index >= 15 is 0 Å². The Labute approximate surface area is 136 Å². The van der Waals surface area contributed by atoms with Crippen LogP contribution in [0.25, 0.3) is 0 Å². The summed E-state index contributed by atoms with van der Waals surface area (Å²) in [6, 6.07) is 12.5. The van der Waals surface area contributed by atoms with Gasteiger partial charge in [0.1, 0.15) is 0 Å². The smallest absolute Gasteiger partial charge is 0.0679 e. The fourth-order valence-electron chi connectivity index (χ4n) is 2.19. The molecule has 0 bridgehead atoms. The first kappa shape index (κ1) is 14.4. The molecule has 21 heavy (non-hydrogen) atoms. The van der Waals surface area contributed by atoms with E-state index in [1.54, 1.807) is 0 Å². The number of hydrogen-bond donors (Lipinski definition) is 1. The first-order chi connectivity index (χ1) is 10.2. The molecule has 108 valence electrons. The van der Waals surface area contributed by atoms with E-state index in [1.807, 2.05) is 34.5 Å². The van der Waals surface area contributed by atoms with Crippen molar-refractivity contribution in [3.8, 4) is 0 Å². The van der Waals surface area contributed by atoms with E-state index in [0.717, 1.165) is 18.8 Å². The number of benzene rings is 1. The standard InChI is InChI=1S/C16H16BrN3S/c1-12-15(17)9-14(21-12)10-18-16-6-3-2-5-13(16)11-20-8-4-7-19-20/h2-9,18H,10-11H2,1H3. The van der Waals surface area contributed by atoms with Crippen molar-refractivity contribution in [2.75, 3.05) is 5.32 Å². The van der Waals surface area contributed by atoms with Crippen LogP contribution < -0.4 is 5.32 Å². The van der Waals surface area contributed by atoms with Gasteiger partial charge >= 0.3 is 0 Å². The van der Waals surface area contributed by atoms with Crippen molar-refractivity contribution in [1.82, 2.24) is 9.78 Å². The van der Waals surface area contributed by atoms with E-state index in [4.69, 9.17) is 0 Å². The molecule has 0 spiro atoms. The summed E-state index contributed by atoms with van der Waals surface area (Å²) >= 11 is 5.39. The Morgan fingerprint density at radius 1 is 1.29 bits per heavy atom. The van der Waals surface area contributed by atoms with Gasteiger partial charge in [-0.15, -0.1) is 11.3 Å². The van der Waals surface area contributed by atoms with Crippen molar-refractivity contribution in [3.05, 3.63) is 68.6 Å². The zero-order valence-electron chi connectivity index (χ0n) is 11.7. The molecular weight excluding hydrogens is 346 g/mol. The molecule has 0 aliphatic heterocycles. The molecule has 3 nitrogen and oxygen atoms in total. The van der Waals surface area contributed by atoms with E-state index in [2.05, 4.69) is 63.6 Å². The van der Waals surface area contributed by atoms with Gasteiger partial charge in [-0.1, -0.05) is 18.2 Å². The SMILES string of the molecule is Cc1sc(CNc2ccccc2Cn2cccn2)cc1Br. The summed E-state index contributed by atoms with van der Waals surface area (Å²) in [7, 11) is 0. The van der Waals surface area contributed by atoms with Gasteiger partial charge in [-0.05, 0) is 46.6 Å². The minimum Gasteiger partial charge on any atom is -0.380 e. The second kappa shape index (κ2) is 6.45. The lowest BCUT2D eigenvalue weighted by Crippen LogP contribution is -2.05. The molecule has 0 radical (unpaired) electrons. The second-order valence-corrected chi connectivity index (χ2v) is 7.03. The zero-order chi connectivity index (χ0) is 14.7. The van der Waals surface area contributed by atoms with Crippen LogP contribution in [-0.4, -0.2) is 9.78 Å². The highest BCUT2D eigenvalue weighted by Crippen LogP contribution is 2.27. The average molecular weight is 362 g/mol. The summed E-state index contributed by atoms with van der Waals surface area (Å²) < 4.78 is 3.13. The van der Waals surface area contributed by atoms with Crippen molar-refractivity contribution < 1.29 is 0 Å². The molecule has 2 heterocycles. The Kier molecular flexibility index (Phi) is 4.41. The maximum absolute atomic E-state index is 4.27. The summed E-state index contributed by atoms with van der Waals surface area (Å²) in [6.45, 7) is 3.75. The molecule has 0 unspecified atom stereocenters. The van der Waals surface area contributed by atoms with Gasteiger partial charge in [-0.25, -0.2) is 0 Å². The average Bonchev–Trinajstić information content (AvgIpc) is 3.09. The third-order valence-electron chi connectivity index (χ3n) is 3.27. The number of hydrogen-bond acceptors (Lipinski definition) is 3. The number of nitrogens with zero attached hydrogens (tertiary/aromatic N) is 2. The summed E-state index contributed by atoms with van der Waals surface area (Å²) in [4.78, 5) is 2.64. The molecule has 0 fully saturated rings. The highest BCUT2D eigenvalue weighted by molar-refractivity contribution is 9.10. The lowest BCUT2D eigenvalue weighted by atomic mass is 10.1. The lowest BCUT2D eigenvalue weighted by molar-refractivity contribution is 0.687. The van der Waals surface area contributed by atoms with Gasteiger partial charge in [0, 0.05) is 38.9 Å². The van der Waals surface area contributed by atoms with Crippen LogP contribution in [0, 0.1) is 6.92 Å². The van der Waals surface area contributed by atoms with Crippen molar-refractivity contribution in [3.63, 3.8) is 0 Å². The molecule has 5 heteroatoms. The van der Waals surface area contributed by atoms with Crippen LogP contribution in [-0.2, 0) is 13.1 Å². The molecule has 1 aromatic carbocycles. The quantitative estimate of drug-likeness (QED) is 0.715. The van der Waals surface area contributed by atoms with Crippen LogP contribution in [0.15, 0.2) is 53.3 Å². The second-order valence-electron chi connectivity index (χ2n) is 4.83. The monoisotopic (exact) mass is 361 g/mol. The number of aryl methyl sites for hydroxylation is 1. The Hall–Kier alpha value is -1.59. The van der Waals surface area contributed by atoms with E-state index in [-0.39, 0.29) is 0 Å². The fourth-order valence-corrected chi connectivity index (χ4v) is 3.73. The summed E-state index contributed by atoms with van der Waals surface area (Å²) in [5.41, 5.74) is 2.41. The van der Waals surface area contributed by atoms with Crippen LogP contribution in [0.2, 0.25) is 0 Å². The molecule has 0 atom stereocenters. The number of thiophene rings is 1. The summed E-state index contributed by atoms with van der Waals surface area (Å²) in [5, 5.41) is 7.80. The van der Waals surface area contributed by atoms with Gasteiger partial charge < -0.3 is 5.32 Å². The number of anilines is 1. The number of rotatable bonds is 5. The Morgan fingerprint density at radius 3 is 2.86 bits per heavy atom. The highest BCUT2D eigenvalue weighted by atomic mass is 79.9. The summed E-state index contributed by atoms with van der Waals surface area (Å²) in [6.07, 6.45) is 3.79. The van der Waals surface area contributed by atoms with Crippen LogP contribution in [0.4, 0.5) is 5.69 Å². The minimum absolute atomic E-state index is 0.781. The van der Waals surface area contributed by atoms with E-state index < -0.39 is 0 Å². The van der Waals surface area contributed by atoms with Crippen LogP contribution >= 0.6 is 27.3 Å². The molecule has 1 N–H and O–H groups in total. The number of para-hydroxylation sites is 1. The number of nitrogens with one attached hydrogen (secondary N) is 1. The van der Waals surface area contributed by atoms with E-state index in [9.17, 15) is 0 Å². The predicted octanol–water partition coefficient (Wildman–Crippen LogP) is 4.68. The Balaban J connectivity index is 1.73. The molecule has 0 aliphatic carbocycles. The highest BCUT2D eigenvalue weighted by Gasteiger charge is 2.05. The molecule has 0 saturated carbocycles. The largest absolute Gasteiger partial charge is 0.380 e. The molecule has 3 aromatic rings. The zero-order valence-corrected chi connectivity index (χ0v) is 14.1. The van der Waals surface area contributed by atoms with Gasteiger partial charge in [0.2, 0.25) is 0 Å². The van der Waals surface area contributed by atoms with Crippen LogP contribution in [0.1, 0.15) is 15.3 Å². The third kappa shape index (κ3) is 3.54. The molecular formula is C16H16BrN3S. The molecule has 0 amide bonds. The van der Waals surface area contributed by atoms with E-state index in [0.29, 0.717) is 0 Å². The molecule has 0 saturated heterocycles. The third-order valence-corrected chi connectivity index (χ3v) is 5.41. The van der Waals surface area contributed by atoms with Crippen molar-refractivity contribution in [2.24, 2.45) is 0 Å². The van der Waals surface area contributed by atoms with Gasteiger partial charge in [0.15, 0.2) is 0 Å². The Bertz CT molecular complexity index is 699. The Morgan fingerprint density at radius 2 is 2.14 bits per heavy atom. The maximum atomic E-state index is 4.27. The first-order valence-corrected chi connectivity index (χ1v) is 8.37. The molecule has 3 rings (SSSR count). The topological polar surface area (TPSA) is 29.9 Å². The van der Waals surface area contributed by atoms with Crippen molar-refractivity contribution in [1.29, 1.82) is 0 Å². The fraction of sp³-hybridized carbons (Fsp3) is 0.188. The number of halogens is 1. The van der Waals surface area contributed by atoms with Crippen LogP contribution in [0.3, 0.4) is 0 Å². The van der Waals surface area contributed by atoms with Crippen LogP contribution in [0.5, 0.6) is 0 Å². The maximum Gasteiger partial charge on any atom is 0.0679 e. The molecule has 2 aromatic heterocycles. The van der Waals surface area contributed by atoms with Crippen molar-refractivity contribution >= 4 is 33.0 Å². The first-order valence-electron chi connectivity index (χ1n) is 6.76. The lowest BCUT2D eigenvalue weighted by Gasteiger charge is -2.11. The minimum atomic E-state index is 0.781.